The van der Waals surface area contributed by atoms with Crippen LogP contribution < -0.4 is 4.90 Å². The third-order valence-corrected chi connectivity index (χ3v) is 4.44. The lowest BCUT2D eigenvalue weighted by Gasteiger charge is -2.23. The minimum Gasteiger partial charge on any atom is -0.361 e. The van der Waals surface area contributed by atoms with Crippen molar-refractivity contribution >= 4 is 23.2 Å². The smallest absolute Gasteiger partial charge is 0.244 e. The van der Waals surface area contributed by atoms with E-state index in [1.165, 1.54) is 0 Å². The van der Waals surface area contributed by atoms with Gasteiger partial charge in [-0.2, -0.15) is 0 Å². The zero-order valence-corrected chi connectivity index (χ0v) is 13.4. The fourth-order valence-corrected chi connectivity index (χ4v) is 3.07. The number of halogens is 1. The van der Waals surface area contributed by atoms with Gasteiger partial charge in [0.05, 0.1) is 22.9 Å². The second kappa shape index (κ2) is 6.10. The summed E-state index contributed by atoms with van der Waals surface area (Å²) in [4.78, 5) is 16.5. The second-order valence-electron chi connectivity index (χ2n) is 5.57. The summed E-state index contributed by atoms with van der Waals surface area (Å²) in [5.41, 5.74) is 1.79. The molecule has 1 aromatic carbocycles. The van der Waals surface area contributed by atoms with Gasteiger partial charge in [0.1, 0.15) is 5.76 Å². The van der Waals surface area contributed by atoms with Gasteiger partial charge in [-0.05, 0) is 32.5 Å². The van der Waals surface area contributed by atoms with Crippen molar-refractivity contribution < 1.29 is 9.32 Å². The van der Waals surface area contributed by atoms with Crippen LogP contribution in [0.4, 0.5) is 5.69 Å². The molecule has 1 aliphatic rings. The van der Waals surface area contributed by atoms with Crippen molar-refractivity contribution in [1.29, 1.82) is 0 Å². The van der Waals surface area contributed by atoms with Gasteiger partial charge in [0.25, 0.3) is 0 Å². The number of hydrogen-bond acceptors (Lipinski definition) is 4. The maximum absolute atomic E-state index is 12.7. The number of likely N-dealkylation sites (N-methyl/N-ethyl adjacent to an activating group) is 1. The normalized spacial score (nSPS) is 18.5. The molecule has 3 rings (SSSR count). The SMILES string of the molecule is Cc1oncc1CN(C)C1CCN(c2ccccc2Cl)C1=O. The summed E-state index contributed by atoms with van der Waals surface area (Å²) < 4.78 is 5.07. The Hall–Kier alpha value is -1.85. The molecular formula is C16H18ClN3O2. The maximum Gasteiger partial charge on any atom is 0.244 e. The molecule has 0 aliphatic carbocycles. The zero-order valence-electron chi connectivity index (χ0n) is 12.6. The summed E-state index contributed by atoms with van der Waals surface area (Å²) in [6.45, 7) is 3.20. The van der Waals surface area contributed by atoms with Gasteiger partial charge in [-0.1, -0.05) is 28.9 Å². The van der Waals surface area contributed by atoms with Gasteiger partial charge in [0.15, 0.2) is 0 Å². The van der Waals surface area contributed by atoms with Crippen molar-refractivity contribution in [3.63, 3.8) is 0 Å². The average molecular weight is 320 g/mol. The van der Waals surface area contributed by atoms with E-state index in [0.29, 0.717) is 18.1 Å². The highest BCUT2D eigenvalue weighted by molar-refractivity contribution is 6.33. The number of aryl methyl sites for hydroxylation is 1. The highest BCUT2D eigenvalue weighted by atomic mass is 35.5. The number of carbonyl (C=O) groups is 1. The molecule has 0 saturated carbocycles. The highest BCUT2D eigenvalue weighted by Gasteiger charge is 2.36. The summed E-state index contributed by atoms with van der Waals surface area (Å²) in [5, 5.41) is 4.39. The van der Waals surface area contributed by atoms with Crippen LogP contribution in [0, 0.1) is 6.92 Å². The van der Waals surface area contributed by atoms with E-state index >= 15 is 0 Å². The Balaban J connectivity index is 1.73. The molecule has 2 heterocycles. The van der Waals surface area contributed by atoms with Gasteiger partial charge in [0, 0.05) is 18.7 Å². The number of nitrogens with zero attached hydrogens (tertiary/aromatic N) is 3. The van der Waals surface area contributed by atoms with Crippen LogP contribution in [0.3, 0.4) is 0 Å². The summed E-state index contributed by atoms with van der Waals surface area (Å²) >= 11 is 6.20. The van der Waals surface area contributed by atoms with Crippen LogP contribution in [-0.4, -0.2) is 35.6 Å². The van der Waals surface area contributed by atoms with Gasteiger partial charge in [-0.3, -0.25) is 9.69 Å². The minimum atomic E-state index is -0.148. The van der Waals surface area contributed by atoms with E-state index in [2.05, 4.69) is 5.16 Å². The topological polar surface area (TPSA) is 49.6 Å². The molecule has 116 valence electrons. The monoisotopic (exact) mass is 319 g/mol. The number of para-hydroxylation sites is 1. The van der Waals surface area contributed by atoms with Crippen LogP contribution in [0.5, 0.6) is 0 Å². The fourth-order valence-electron chi connectivity index (χ4n) is 2.83. The zero-order chi connectivity index (χ0) is 15.7. The van der Waals surface area contributed by atoms with Crippen molar-refractivity contribution in [3.8, 4) is 0 Å². The molecule has 1 amide bonds. The molecule has 1 saturated heterocycles. The van der Waals surface area contributed by atoms with Crippen molar-refractivity contribution in [3.05, 3.63) is 46.8 Å². The second-order valence-corrected chi connectivity index (χ2v) is 5.98. The van der Waals surface area contributed by atoms with E-state index < -0.39 is 0 Å². The molecule has 0 spiro atoms. The number of rotatable bonds is 4. The number of anilines is 1. The Morgan fingerprint density at radius 2 is 2.23 bits per heavy atom. The van der Waals surface area contributed by atoms with Crippen LogP contribution in [0.15, 0.2) is 35.0 Å². The van der Waals surface area contributed by atoms with Crippen LogP contribution >= 0.6 is 11.6 Å². The molecule has 2 aromatic rings. The van der Waals surface area contributed by atoms with E-state index in [9.17, 15) is 4.79 Å². The van der Waals surface area contributed by atoms with E-state index in [1.807, 2.05) is 43.1 Å². The van der Waals surface area contributed by atoms with E-state index in [4.69, 9.17) is 16.1 Å². The molecule has 1 aliphatic heterocycles. The van der Waals surface area contributed by atoms with Gasteiger partial charge in [-0.15, -0.1) is 0 Å². The van der Waals surface area contributed by atoms with Gasteiger partial charge in [-0.25, -0.2) is 0 Å². The van der Waals surface area contributed by atoms with Crippen molar-refractivity contribution in [2.24, 2.45) is 0 Å². The summed E-state index contributed by atoms with van der Waals surface area (Å²) in [6, 6.07) is 7.30. The Morgan fingerprint density at radius 1 is 1.45 bits per heavy atom. The van der Waals surface area contributed by atoms with E-state index in [1.54, 1.807) is 11.1 Å². The molecule has 1 aromatic heterocycles. The Morgan fingerprint density at radius 3 is 2.91 bits per heavy atom. The first-order valence-electron chi connectivity index (χ1n) is 7.24. The highest BCUT2D eigenvalue weighted by Crippen LogP contribution is 2.30. The molecule has 1 fully saturated rings. The quantitative estimate of drug-likeness (QED) is 0.869. The predicted octanol–water partition coefficient (Wildman–Crippen LogP) is 2.87. The number of amides is 1. The molecular weight excluding hydrogens is 302 g/mol. The first-order chi connectivity index (χ1) is 10.6. The lowest BCUT2D eigenvalue weighted by atomic mass is 10.2. The first-order valence-corrected chi connectivity index (χ1v) is 7.62. The Labute approximate surface area is 134 Å². The lowest BCUT2D eigenvalue weighted by molar-refractivity contribution is -0.121. The molecule has 0 radical (unpaired) electrons. The summed E-state index contributed by atoms with van der Waals surface area (Å²) in [7, 11) is 1.95. The number of benzene rings is 1. The molecule has 0 bridgehead atoms. The summed E-state index contributed by atoms with van der Waals surface area (Å²) in [5.74, 6) is 0.880. The maximum atomic E-state index is 12.7. The largest absolute Gasteiger partial charge is 0.361 e. The van der Waals surface area contributed by atoms with Gasteiger partial charge < -0.3 is 9.42 Å². The van der Waals surface area contributed by atoms with Crippen molar-refractivity contribution in [2.45, 2.75) is 25.9 Å². The molecule has 22 heavy (non-hydrogen) atoms. The lowest BCUT2D eigenvalue weighted by Crippen LogP contribution is -2.39. The Bertz CT molecular complexity index is 686. The van der Waals surface area contributed by atoms with Crippen molar-refractivity contribution in [1.82, 2.24) is 10.1 Å². The minimum absolute atomic E-state index is 0.0877. The van der Waals surface area contributed by atoms with Gasteiger partial charge >= 0.3 is 0 Å². The number of aromatic nitrogens is 1. The Kier molecular flexibility index (Phi) is 4.18. The van der Waals surface area contributed by atoms with Crippen LogP contribution in [0.2, 0.25) is 5.02 Å². The third kappa shape index (κ3) is 2.74. The molecule has 0 N–H and O–H groups in total. The van der Waals surface area contributed by atoms with Crippen LogP contribution in [-0.2, 0) is 11.3 Å². The molecule has 5 nitrogen and oxygen atoms in total. The summed E-state index contributed by atoms with van der Waals surface area (Å²) in [6.07, 6.45) is 2.49. The van der Waals surface area contributed by atoms with Crippen LogP contribution in [0.1, 0.15) is 17.7 Å². The number of hydrogen-bond donors (Lipinski definition) is 0. The average Bonchev–Trinajstić information content (AvgIpc) is 3.06. The third-order valence-electron chi connectivity index (χ3n) is 4.12. The fraction of sp³-hybridized carbons (Fsp3) is 0.375. The molecule has 1 unspecified atom stereocenters. The number of carbonyl (C=O) groups excluding carboxylic acids is 1. The predicted molar refractivity (Wildman–Crippen MR) is 84.9 cm³/mol. The van der Waals surface area contributed by atoms with Crippen molar-refractivity contribution in [2.75, 3.05) is 18.5 Å². The van der Waals surface area contributed by atoms with Crippen LogP contribution in [0.25, 0.3) is 0 Å². The van der Waals surface area contributed by atoms with E-state index in [-0.39, 0.29) is 11.9 Å². The standard InChI is InChI=1S/C16H18ClN3O2/c1-11-12(9-18-22-11)10-19(2)15-7-8-20(16(15)21)14-6-4-3-5-13(14)17/h3-6,9,15H,7-8,10H2,1-2H3. The first kappa shape index (κ1) is 15.1. The van der Waals surface area contributed by atoms with E-state index in [0.717, 1.165) is 23.4 Å². The molecule has 1 atom stereocenters. The molecule has 6 heteroatoms. The van der Waals surface area contributed by atoms with Gasteiger partial charge in [0.2, 0.25) is 5.91 Å².